The van der Waals surface area contributed by atoms with Crippen LogP contribution in [0.2, 0.25) is 10.0 Å². The Labute approximate surface area is 165 Å². The van der Waals surface area contributed by atoms with E-state index in [0.29, 0.717) is 27.7 Å². The second-order valence-corrected chi connectivity index (χ2v) is 7.93. The van der Waals surface area contributed by atoms with Crippen molar-refractivity contribution >= 4 is 34.7 Å². The number of hydrogen-bond acceptors (Lipinski definition) is 3. The fourth-order valence-electron chi connectivity index (χ4n) is 3.46. The zero-order chi connectivity index (χ0) is 19.3. The number of carbonyl (C=O) groups is 1. The van der Waals surface area contributed by atoms with E-state index in [2.05, 4.69) is 4.98 Å². The first-order valence-corrected chi connectivity index (χ1v) is 9.22. The smallest absolute Gasteiger partial charge is 0.261 e. The third kappa shape index (κ3) is 3.28. The Morgan fingerprint density at radius 3 is 2.70 bits per heavy atom. The number of hydrogen-bond donors (Lipinski definition) is 0. The standard InChI is InChI=1S/C19H16Cl2FN3O2/c1-19(22)8-25(9-19)16(26)7-24-10-23-15-5-3-12(17(15)18(24)27)11-2-4-13(20)14(21)6-11/h2-4,6,10H,5,7-9H2,1H3. The quantitative estimate of drug-likeness (QED) is 0.785. The molecule has 1 aliphatic carbocycles. The third-order valence-corrected chi connectivity index (χ3v) is 5.55. The van der Waals surface area contributed by atoms with Crippen LogP contribution in [-0.4, -0.2) is 39.1 Å². The van der Waals surface area contributed by atoms with Crippen molar-refractivity contribution in [3.8, 4) is 0 Å². The van der Waals surface area contributed by atoms with Gasteiger partial charge >= 0.3 is 0 Å². The summed E-state index contributed by atoms with van der Waals surface area (Å²) in [5.41, 5.74) is 0.963. The number of fused-ring (bicyclic) bond motifs is 1. The molecule has 0 saturated carbocycles. The molecule has 2 aromatic rings. The van der Waals surface area contributed by atoms with Gasteiger partial charge in [0.1, 0.15) is 12.2 Å². The number of alkyl halides is 1. The Morgan fingerprint density at radius 1 is 1.30 bits per heavy atom. The van der Waals surface area contributed by atoms with Crippen molar-refractivity contribution < 1.29 is 9.18 Å². The van der Waals surface area contributed by atoms with E-state index in [1.807, 2.05) is 6.08 Å². The van der Waals surface area contributed by atoms with Crippen LogP contribution >= 0.6 is 23.2 Å². The zero-order valence-electron chi connectivity index (χ0n) is 14.5. The van der Waals surface area contributed by atoms with Gasteiger partial charge < -0.3 is 4.90 Å². The summed E-state index contributed by atoms with van der Waals surface area (Å²) >= 11 is 12.1. The van der Waals surface area contributed by atoms with Gasteiger partial charge in [-0.3, -0.25) is 14.2 Å². The van der Waals surface area contributed by atoms with E-state index >= 15 is 0 Å². The maximum Gasteiger partial charge on any atom is 0.261 e. The molecular formula is C19H16Cl2FN3O2. The van der Waals surface area contributed by atoms with E-state index in [9.17, 15) is 14.0 Å². The van der Waals surface area contributed by atoms with Gasteiger partial charge in [0.15, 0.2) is 0 Å². The van der Waals surface area contributed by atoms with Crippen molar-refractivity contribution in [2.45, 2.75) is 25.6 Å². The number of nitrogens with zero attached hydrogens (tertiary/aromatic N) is 3. The molecule has 1 fully saturated rings. The Bertz CT molecular complexity index is 1040. The molecule has 2 heterocycles. The number of allylic oxidation sites excluding steroid dienone is 1. The fourth-order valence-corrected chi connectivity index (χ4v) is 3.76. The van der Waals surface area contributed by atoms with Crippen molar-refractivity contribution in [2.24, 2.45) is 0 Å². The van der Waals surface area contributed by atoms with Gasteiger partial charge in [0.2, 0.25) is 5.91 Å². The molecule has 0 spiro atoms. The predicted octanol–water partition coefficient (Wildman–Crippen LogP) is 3.11. The number of benzene rings is 1. The van der Waals surface area contributed by atoms with Gasteiger partial charge in [0, 0.05) is 6.42 Å². The number of likely N-dealkylation sites (tertiary alicyclic amines) is 1. The third-order valence-electron chi connectivity index (χ3n) is 4.82. The summed E-state index contributed by atoms with van der Waals surface area (Å²) < 4.78 is 14.9. The second kappa shape index (κ2) is 6.46. The van der Waals surface area contributed by atoms with E-state index in [-0.39, 0.29) is 31.1 Å². The summed E-state index contributed by atoms with van der Waals surface area (Å²) in [6.07, 6.45) is 3.81. The molecule has 1 aliphatic heterocycles. The van der Waals surface area contributed by atoms with Crippen LogP contribution < -0.4 is 5.56 Å². The van der Waals surface area contributed by atoms with E-state index in [4.69, 9.17) is 23.2 Å². The topological polar surface area (TPSA) is 55.2 Å². The summed E-state index contributed by atoms with van der Waals surface area (Å²) in [4.78, 5) is 31.0. The Morgan fingerprint density at radius 2 is 2.04 bits per heavy atom. The molecule has 1 aromatic heterocycles. The molecule has 27 heavy (non-hydrogen) atoms. The minimum absolute atomic E-state index is 0.0490. The average molecular weight is 408 g/mol. The Hall–Kier alpha value is -2.18. The molecule has 2 aliphatic rings. The maximum atomic E-state index is 13.6. The van der Waals surface area contributed by atoms with Crippen molar-refractivity contribution in [2.75, 3.05) is 13.1 Å². The molecular weight excluding hydrogens is 392 g/mol. The van der Waals surface area contributed by atoms with E-state index in [1.54, 1.807) is 18.2 Å². The van der Waals surface area contributed by atoms with Crippen molar-refractivity contribution in [1.82, 2.24) is 14.5 Å². The highest BCUT2D eigenvalue weighted by Gasteiger charge is 2.41. The number of halogens is 3. The first-order chi connectivity index (χ1) is 12.7. The van der Waals surface area contributed by atoms with Crippen LogP contribution in [0.1, 0.15) is 23.7 Å². The van der Waals surface area contributed by atoms with Gasteiger partial charge in [0.05, 0.1) is 40.7 Å². The van der Waals surface area contributed by atoms with Crippen molar-refractivity contribution in [1.29, 1.82) is 0 Å². The van der Waals surface area contributed by atoms with Crippen LogP contribution in [0.4, 0.5) is 4.39 Å². The lowest BCUT2D eigenvalue weighted by Gasteiger charge is -2.42. The van der Waals surface area contributed by atoms with Crippen molar-refractivity contribution in [3.05, 3.63) is 67.8 Å². The molecule has 0 unspecified atom stereocenters. The molecule has 0 radical (unpaired) electrons. The normalized spacial score (nSPS) is 17.3. The van der Waals surface area contributed by atoms with E-state index in [1.165, 1.54) is 22.7 Å². The maximum absolute atomic E-state index is 13.6. The lowest BCUT2D eigenvalue weighted by atomic mass is 9.99. The molecule has 140 valence electrons. The summed E-state index contributed by atoms with van der Waals surface area (Å²) in [5, 5.41) is 0.831. The van der Waals surface area contributed by atoms with Crippen LogP contribution in [0, 0.1) is 0 Å². The van der Waals surface area contributed by atoms with Crippen LogP contribution in [0.25, 0.3) is 5.57 Å². The SMILES string of the molecule is CC1(F)CN(C(=O)Cn2cnc3c(c2=O)C(c2ccc(Cl)c(Cl)c2)=CC3)C1. The molecule has 1 amide bonds. The van der Waals surface area contributed by atoms with Crippen LogP contribution in [-0.2, 0) is 17.8 Å². The number of carbonyl (C=O) groups excluding carboxylic acids is 1. The van der Waals surface area contributed by atoms with Crippen LogP contribution in [0.15, 0.2) is 35.4 Å². The lowest BCUT2D eigenvalue weighted by molar-refractivity contribution is -0.144. The van der Waals surface area contributed by atoms with Gasteiger partial charge in [-0.2, -0.15) is 0 Å². The number of aromatic nitrogens is 2. The predicted molar refractivity (Wildman–Crippen MR) is 102 cm³/mol. The van der Waals surface area contributed by atoms with Crippen LogP contribution in [0.5, 0.6) is 0 Å². The average Bonchev–Trinajstić information content (AvgIpc) is 3.02. The first-order valence-electron chi connectivity index (χ1n) is 8.46. The highest BCUT2D eigenvalue weighted by atomic mass is 35.5. The van der Waals surface area contributed by atoms with Gasteiger partial charge in [-0.25, -0.2) is 9.37 Å². The number of rotatable bonds is 3. The highest BCUT2D eigenvalue weighted by Crippen LogP contribution is 2.33. The highest BCUT2D eigenvalue weighted by molar-refractivity contribution is 6.42. The number of amides is 1. The van der Waals surface area contributed by atoms with Crippen LogP contribution in [0.3, 0.4) is 0 Å². The molecule has 8 heteroatoms. The van der Waals surface area contributed by atoms with Gasteiger partial charge in [-0.1, -0.05) is 35.3 Å². The summed E-state index contributed by atoms with van der Waals surface area (Å²) in [5.74, 6) is -0.299. The molecule has 0 N–H and O–H groups in total. The molecule has 1 saturated heterocycles. The minimum Gasteiger partial charge on any atom is -0.335 e. The summed E-state index contributed by atoms with van der Waals surface area (Å²) in [6, 6.07) is 5.17. The largest absolute Gasteiger partial charge is 0.335 e. The molecule has 4 rings (SSSR count). The molecule has 1 aromatic carbocycles. The molecule has 0 atom stereocenters. The second-order valence-electron chi connectivity index (χ2n) is 7.11. The van der Waals surface area contributed by atoms with E-state index in [0.717, 1.165) is 11.1 Å². The molecule has 5 nitrogen and oxygen atoms in total. The van der Waals surface area contributed by atoms with Gasteiger partial charge in [0.25, 0.3) is 5.56 Å². The van der Waals surface area contributed by atoms with Gasteiger partial charge in [-0.15, -0.1) is 0 Å². The minimum atomic E-state index is -1.35. The summed E-state index contributed by atoms with van der Waals surface area (Å²) in [6.45, 7) is 1.39. The molecule has 0 bridgehead atoms. The summed E-state index contributed by atoms with van der Waals surface area (Å²) in [7, 11) is 0. The first kappa shape index (κ1) is 18.2. The van der Waals surface area contributed by atoms with Gasteiger partial charge in [-0.05, 0) is 30.2 Å². The Balaban J connectivity index is 1.63. The van der Waals surface area contributed by atoms with Crippen molar-refractivity contribution in [3.63, 3.8) is 0 Å². The Kier molecular flexibility index (Phi) is 4.35. The van der Waals surface area contributed by atoms with E-state index < -0.39 is 5.67 Å². The fraction of sp³-hybridized carbons (Fsp3) is 0.316. The lowest BCUT2D eigenvalue weighted by Crippen LogP contribution is -2.60. The zero-order valence-corrected chi connectivity index (χ0v) is 16.0. The monoisotopic (exact) mass is 407 g/mol.